The fourth-order valence-electron chi connectivity index (χ4n) is 3.16. The van der Waals surface area contributed by atoms with E-state index in [9.17, 15) is 9.59 Å². The molecule has 0 radical (unpaired) electrons. The van der Waals surface area contributed by atoms with Crippen LogP contribution in [0.25, 0.3) is 0 Å². The topological polar surface area (TPSA) is 61.4 Å². The summed E-state index contributed by atoms with van der Waals surface area (Å²) in [4.78, 5) is 26.8. The number of carbonyl (C=O) groups excluding carboxylic acids is 2. The van der Waals surface area contributed by atoms with E-state index in [0.717, 1.165) is 42.9 Å². The molecule has 1 saturated heterocycles. The standard InChI is InChI=1S/C22H27N3O2/c1-16(2)21(26)24-19-12-10-18(11-13-19)23-20(17-8-4-3-5-9-17)22(27)25-14-6-7-15-25/h3-5,8-13,16,20,23H,6-7,14-15H2,1-2H3,(H,24,26). The number of likely N-dealkylation sites (tertiary alicyclic amines) is 1. The molecule has 1 heterocycles. The van der Waals surface area contributed by atoms with E-state index in [-0.39, 0.29) is 17.7 Å². The van der Waals surface area contributed by atoms with E-state index >= 15 is 0 Å². The van der Waals surface area contributed by atoms with Gasteiger partial charge in [0.25, 0.3) is 0 Å². The van der Waals surface area contributed by atoms with Crippen molar-refractivity contribution in [1.29, 1.82) is 0 Å². The highest BCUT2D eigenvalue weighted by atomic mass is 16.2. The van der Waals surface area contributed by atoms with Gasteiger partial charge < -0.3 is 15.5 Å². The highest BCUT2D eigenvalue weighted by Gasteiger charge is 2.27. The summed E-state index contributed by atoms with van der Waals surface area (Å²) in [6.07, 6.45) is 2.13. The van der Waals surface area contributed by atoms with Crippen LogP contribution < -0.4 is 10.6 Å². The van der Waals surface area contributed by atoms with Crippen LogP contribution in [0, 0.1) is 5.92 Å². The van der Waals surface area contributed by atoms with Crippen molar-refractivity contribution in [1.82, 2.24) is 4.90 Å². The third-order valence-electron chi connectivity index (χ3n) is 4.79. The van der Waals surface area contributed by atoms with Gasteiger partial charge in [-0.25, -0.2) is 0 Å². The predicted molar refractivity (Wildman–Crippen MR) is 109 cm³/mol. The molecule has 2 amide bonds. The van der Waals surface area contributed by atoms with Gasteiger partial charge in [-0.15, -0.1) is 0 Å². The van der Waals surface area contributed by atoms with Gasteiger partial charge in [0.2, 0.25) is 11.8 Å². The first-order valence-corrected chi connectivity index (χ1v) is 9.56. The van der Waals surface area contributed by atoms with E-state index in [1.54, 1.807) is 0 Å². The van der Waals surface area contributed by atoms with E-state index in [2.05, 4.69) is 10.6 Å². The zero-order chi connectivity index (χ0) is 19.2. The van der Waals surface area contributed by atoms with Gasteiger partial charge in [-0.1, -0.05) is 44.2 Å². The predicted octanol–water partition coefficient (Wildman–Crippen LogP) is 4.06. The van der Waals surface area contributed by atoms with E-state index in [1.165, 1.54) is 0 Å². The first kappa shape index (κ1) is 19.0. The Morgan fingerprint density at radius 2 is 1.48 bits per heavy atom. The minimum Gasteiger partial charge on any atom is -0.370 e. The molecule has 0 spiro atoms. The minimum absolute atomic E-state index is 0.0120. The Bertz CT molecular complexity index is 766. The van der Waals surface area contributed by atoms with E-state index in [4.69, 9.17) is 0 Å². The third-order valence-corrected chi connectivity index (χ3v) is 4.79. The van der Waals surface area contributed by atoms with Crippen molar-refractivity contribution in [2.45, 2.75) is 32.7 Å². The van der Waals surface area contributed by atoms with E-state index < -0.39 is 6.04 Å². The largest absolute Gasteiger partial charge is 0.370 e. The lowest BCUT2D eigenvalue weighted by Crippen LogP contribution is -2.36. The Balaban J connectivity index is 1.75. The summed E-state index contributed by atoms with van der Waals surface area (Å²) in [6, 6.07) is 16.9. The van der Waals surface area contributed by atoms with E-state index in [1.807, 2.05) is 73.3 Å². The number of benzene rings is 2. The number of hydrogen-bond donors (Lipinski definition) is 2. The lowest BCUT2D eigenvalue weighted by molar-refractivity contribution is -0.131. The van der Waals surface area contributed by atoms with Gasteiger partial charge in [0.05, 0.1) is 0 Å². The Labute approximate surface area is 160 Å². The van der Waals surface area contributed by atoms with Crippen LogP contribution in [0.1, 0.15) is 38.3 Å². The first-order valence-electron chi connectivity index (χ1n) is 9.56. The van der Waals surface area contributed by atoms with Gasteiger partial charge >= 0.3 is 0 Å². The quantitative estimate of drug-likeness (QED) is 0.812. The second-order valence-electron chi connectivity index (χ2n) is 7.24. The molecule has 0 aliphatic carbocycles. The number of nitrogens with zero attached hydrogens (tertiary/aromatic N) is 1. The molecule has 0 saturated carbocycles. The maximum atomic E-state index is 13.0. The van der Waals surface area contributed by atoms with Crippen LogP contribution in [0.5, 0.6) is 0 Å². The Morgan fingerprint density at radius 3 is 2.07 bits per heavy atom. The maximum absolute atomic E-state index is 13.0. The molecule has 5 nitrogen and oxygen atoms in total. The average molecular weight is 365 g/mol. The molecule has 2 aromatic rings. The van der Waals surface area contributed by atoms with E-state index in [0.29, 0.717) is 0 Å². The highest BCUT2D eigenvalue weighted by Crippen LogP contribution is 2.25. The van der Waals surface area contributed by atoms with Crippen molar-refractivity contribution in [3.63, 3.8) is 0 Å². The van der Waals surface area contributed by atoms with Crippen molar-refractivity contribution >= 4 is 23.2 Å². The number of rotatable bonds is 6. The molecule has 2 aromatic carbocycles. The van der Waals surface area contributed by atoms with Crippen LogP contribution in [0.2, 0.25) is 0 Å². The molecule has 1 atom stereocenters. The molecule has 5 heteroatoms. The number of amides is 2. The van der Waals surface area contributed by atoms with Crippen molar-refractivity contribution in [2.24, 2.45) is 5.92 Å². The molecular weight excluding hydrogens is 338 g/mol. The van der Waals surface area contributed by atoms with Gasteiger partial charge in [-0.3, -0.25) is 9.59 Å². The van der Waals surface area contributed by atoms with Crippen LogP contribution in [-0.2, 0) is 9.59 Å². The molecule has 3 rings (SSSR count). The van der Waals surface area contributed by atoms with Crippen LogP contribution >= 0.6 is 0 Å². The fraction of sp³-hybridized carbons (Fsp3) is 0.364. The minimum atomic E-state index is -0.416. The summed E-state index contributed by atoms with van der Waals surface area (Å²) in [5, 5.41) is 6.25. The van der Waals surface area contributed by atoms with Crippen LogP contribution in [0.3, 0.4) is 0 Å². The lowest BCUT2D eigenvalue weighted by atomic mass is 10.0. The molecule has 0 aromatic heterocycles. The smallest absolute Gasteiger partial charge is 0.249 e. The normalized spacial score (nSPS) is 14.9. The summed E-state index contributed by atoms with van der Waals surface area (Å²) >= 11 is 0. The van der Waals surface area contributed by atoms with Crippen molar-refractivity contribution in [3.8, 4) is 0 Å². The Kier molecular flexibility index (Phi) is 6.12. The van der Waals surface area contributed by atoms with Gasteiger partial charge in [0, 0.05) is 30.4 Å². The lowest BCUT2D eigenvalue weighted by Gasteiger charge is -2.25. The number of nitrogens with one attached hydrogen (secondary N) is 2. The maximum Gasteiger partial charge on any atom is 0.249 e. The first-order chi connectivity index (χ1) is 13.0. The summed E-state index contributed by atoms with van der Waals surface area (Å²) in [6.45, 7) is 5.37. The van der Waals surface area contributed by atoms with Crippen molar-refractivity contribution in [3.05, 3.63) is 60.2 Å². The van der Waals surface area contributed by atoms with Gasteiger partial charge in [0.15, 0.2) is 0 Å². The molecule has 1 aliphatic rings. The molecule has 2 N–H and O–H groups in total. The number of anilines is 2. The third kappa shape index (κ3) is 4.88. The molecule has 0 bridgehead atoms. The van der Waals surface area contributed by atoms with Crippen molar-refractivity contribution in [2.75, 3.05) is 23.7 Å². The zero-order valence-electron chi connectivity index (χ0n) is 15.9. The SMILES string of the molecule is CC(C)C(=O)Nc1ccc(NC(C(=O)N2CCCC2)c2ccccc2)cc1. The van der Waals surface area contributed by atoms with Gasteiger partial charge in [0.1, 0.15) is 6.04 Å². The fourth-order valence-corrected chi connectivity index (χ4v) is 3.16. The van der Waals surface area contributed by atoms with Gasteiger partial charge in [-0.05, 0) is 42.7 Å². The molecule has 1 fully saturated rings. The summed E-state index contributed by atoms with van der Waals surface area (Å²) in [5.74, 6) is 0.0290. The second-order valence-corrected chi connectivity index (χ2v) is 7.24. The summed E-state index contributed by atoms with van der Waals surface area (Å²) in [7, 11) is 0. The Hall–Kier alpha value is -2.82. The molecule has 142 valence electrons. The monoisotopic (exact) mass is 365 g/mol. The summed E-state index contributed by atoms with van der Waals surface area (Å²) < 4.78 is 0. The van der Waals surface area contributed by atoms with Crippen LogP contribution in [0.15, 0.2) is 54.6 Å². The zero-order valence-corrected chi connectivity index (χ0v) is 15.9. The Morgan fingerprint density at radius 1 is 0.889 bits per heavy atom. The van der Waals surface area contributed by atoms with Crippen LogP contribution in [0.4, 0.5) is 11.4 Å². The van der Waals surface area contributed by atoms with Gasteiger partial charge in [-0.2, -0.15) is 0 Å². The molecule has 1 aliphatic heterocycles. The average Bonchev–Trinajstić information content (AvgIpc) is 3.22. The van der Waals surface area contributed by atoms with Crippen molar-refractivity contribution < 1.29 is 9.59 Å². The second kappa shape index (κ2) is 8.71. The van der Waals surface area contributed by atoms with Crippen LogP contribution in [-0.4, -0.2) is 29.8 Å². The number of carbonyl (C=O) groups is 2. The highest BCUT2D eigenvalue weighted by molar-refractivity contribution is 5.92. The summed E-state index contributed by atoms with van der Waals surface area (Å²) in [5.41, 5.74) is 2.55. The number of hydrogen-bond acceptors (Lipinski definition) is 3. The molecular formula is C22H27N3O2. The molecule has 27 heavy (non-hydrogen) atoms. The molecule has 1 unspecified atom stereocenters.